The van der Waals surface area contributed by atoms with Crippen LogP contribution in [0.15, 0.2) is 24.3 Å². The number of benzene rings is 1. The fourth-order valence-electron chi connectivity index (χ4n) is 2.46. The first kappa shape index (κ1) is 20.5. The quantitative estimate of drug-likeness (QED) is 0.416. The van der Waals surface area contributed by atoms with E-state index in [1.165, 1.54) is 38.5 Å². The summed E-state index contributed by atoms with van der Waals surface area (Å²) in [6.07, 6.45) is 8.23. The van der Waals surface area contributed by atoms with Gasteiger partial charge in [0.15, 0.2) is 0 Å². The maximum atomic E-state index is 11.5. The Bertz CT molecular complexity index is 443. The van der Waals surface area contributed by atoms with Gasteiger partial charge in [0.2, 0.25) is 0 Å². The van der Waals surface area contributed by atoms with E-state index in [-0.39, 0.29) is 12.6 Å². The number of ether oxygens (including phenoxy) is 1. The summed E-state index contributed by atoms with van der Waals surface area (Å²) in [6.45, 7) is 4.92. The maximum Gasteiger partial charge on any atom is 0.306 e. The molecule has 0 aliphatic heterocycles. The van der Waals surface area contributed by atoms with Crippen LogP contribution in [0.5, 0.6) is 0 Å². The van der Waals surface area contributed by atoms with Gasteiger partial charge >= 0.3 is 5.97 Å². The number of rotatable bonds is 13. The zero-order valence-electron chi connectivity index (χ0n) is 15.2. The van der Waals surface area contributed by atoms with Gasteiger partial charge in [0.25, 0.3) is 0 Å². The van der Waals surface area contributed by atoms with Gasteiger partial charge in [-0.15, -0.1) is 0 Å². The van der Waals surface area contributed by atoms with Crippen LogP contribution in [0.3, 0.4) is 0 Å². The van der Waals surface area contributed by atoms with Crippen LogP contribution < -0.4 is 5.32 Å². The van der Waals surface area contributed by atoms with Crippen molar-refractivity contribution in [3.05, 3.63) is 29.8 Å². The van der Waals surface area contributed by atoms with Crippen molar-refractivity contribution in [2.24, 2.45) is 0 Å². The minimum absolute atomic E-state index is 0.0696. The van der Waals surface area contributed by atoms with Gasteiger partial charge < -0.3 is 15.2 Å². The number of aliphatic hydroxyl groups is 1. The van der Waals surface area contributed by atoms with Crippen LogP contribution in [-0.4, -0.2) is 30.3 Å². The van der Waals surface area contributed by atoms with E-state index in [9.17, 15) is 4.79 Å². The Labute approximate surface area is 146 Å². The molecule has 0 aromatic heterocycles. The lowest BCUT2D eigenvalue weighted by atomic mass is 10.1. The highest BCUT2D eigenvalue weighted by molar-refractivity contribution is 5.69. The second kappa shape index (κ2) is 12.8. The summed E-state index contributed by atoms with van der Waals surface area (Å²) in [7, 11) is 0. The van der Waals surface area contributed by atoms with Crippen molar-refractivity contribution in [1.29, 1.82) is 0 Å². The third-order valence-corrected chi connectivity index (χ3v) is 3.92. The molecule has 0 aliphatic carbocycles. The van der Waals surface area contributed by atoms with Gasteiger partial charge in [-0.1, -0.05) is 51.2 Å². The van der Waals surface area contributed by atoms with Crippen LogP contribution in [0, 0.1) is 0 Å². The first-order chi connectivity index (χ1) is 11.6. The Morgan fingerprint density at radius 3 is 2.46 bits per heavy atom. The van der Waals surface area contributed by atoms with Crippen LogP contribution in [0.4, 0.5) is 5.69 Å². The molecule has 0 bridgehead atoms. The van der Waals surface area contributed by atoms with Gasteiger partial charge in [-0.25, -0.2) is 0 Å². The van der Waals surface area contributed by atoms with Crippen LogP contribution >= 0.6 is 0 Å². The number of esters is 1. The fourth-order valence-corrected chi connectivity index (χ4v) is 2.46. The van der Waals surface area contributed by atoms with Crippen molar-refractivity contribution in [3.8, 4) is 0 Å². The molecule has 0 saturated heterocycles. The summed E-state index contributed by atoms with van der Waals surface area (Å²) < 4.78 is 4.95. The summed E-state index contributed by atoms with van der Waals surface area (Å²) in [5, 5.41) is 12.5. The Hall–Kier alpha value is -1.55. The predicted molar refractivity (Wildman–Crippen MR) is 99.3 cm³/mol. The number of unbranched alkanes of at least 4 members (excludes halogenated alkanes) is 5. The van der Waals surface area contributed by atoms with E-state index >= 15 is 0 Å². The van der Waals surface area contributed by atoms with Crippen molar-refractivity contribution in [1.82, 2.24) is 0 Å². The van der Waals surface area contributed by atoms with Crippen LogP contribution in [0.25, 0.3) is 0 Å². The van der Waals surface area contributed by atoms with E-state index in [4.69, 9.17) is 9.84 Å². The fraction of sp³-hybridized carbons (Fsp3) is 0.650. The SMILES string of the molecule is CCCCCCCCNc1ccc(CCC(=O)OCC(C)O)cc1. The van der Waals surface area contributed by atoms with E-state index in [1.807, 2.05) is 12.1 Å². The van der Waals surface area contributed by atoms with E-state index in [1.54, 1.807) is 6.92 Å². The summed E-state index contributed by atoms with van der Waals surface area (Å²) >= 11 is 0. The molecule has 24 heavy (non-hydrogen) atoms. The molecule has 1 rings (SSSR count). The van der Waals surface area contributed by atoms with Crippen molar-refractivity contribution in [2.45, 2.75) is 71.3 Å². The van der Waals surface area contributed by atoms with Crippen molar-refractivity contribution in [3.63, 3.8) is 0 Å². The summed E-state index contributed by atoms with van der Waals surface area (Å²) in [4.78, 5) is 11.5. The summed E-state index contributed by atoms with van der Waals surface area (Å²) in [5.41, 5.74) is 2.25. The van der Waals surface area contributed by atoms with Gasteiger partial charge in [0, 0.05) is 18.7 Å². The molecule has 1 aromatic rings. The molecule has 1 aromatic carbocycles. The molecule has 0 spiro atoms. The first-order valence-corrected chi connectivity index (χ1v) is 9.28. The number of carbonyl (C=O) groups excluding carboxylic acids is 1. The first-order valence-electron chi connectivity index (χ1n) is 9.28. The lowest BCUT2D eigenvalue weighted by Crippen LogP contribution is -2.15. The second-order valence-electron chi connectivity index (χ2n) is 6.42. The van der Waals surface area contributed by atoms with Crippen LogP contribution in [-0.2, 0) is 16.0 Å². The largest absolute Gasteiger partial charge is 0.463 e. The Morgan fingerprint density at radius 1 is 1.12 bits per heavy atom. The predicted octanol–water partition coefficient (Wildman–Crippen LogP) is 4.32. The molecule has 0 aliphatic rings. The highest BCUT2D eigenvalue weighted by Gasteiger charge is 2.05. The lowest BCUT2D eigenvalue weighted by Gasteiger charge is -2.08. The van der Waals surface area contributed by atoms with Crippen LogP contribution in [0.1, 0.15) is 64.4 Å². The number of nitrogens with one attached hydrogen (secondary N) is 1. The average Bonchev–Trinajstić information content (AvgIpc) is 2.58. The molecule has 136 valence electrons. The molecule has 0 fully saturated rings. The second-order valence-corrected chi connectivity index (χ2v) is 6.42. The van der Waals surface area contributed by atoms with Gasteiger partial charge in [0.05, 0.1) is 6.10 Å². The Balaban J connectivity index is 2.15. The third kappa shape index (κ3) is 10.3. The molecule has 0 amide bonds. The maximum absolute atomic E-state index is 11.5. The number of carbonyl (C=O) groups is 1. The zero-order chi connectivity index (χ0) is 17.6. The smallest absolute Gasteiger partial charge is 0.306 e. The molecular weight excluding hydrogens is 302 g/mol. The number of aliphatic hydroxyl groups excluding tert-OH is 1. The van der Waals surface area contributed by atoms with Gasteiger partial charge in [0.1, 0.15) is 6.61 Å². The molecular formula is C20H33NO3. The van der Waals surface area contributed by atoms with Crippen molar-refractivity contribution >= 4 is 11.7 Å². The van der Waals surface area contributed by atoms with Crippen LogP contribution in [0.2, 0.25) is 0 Å². The standard InChI is InChI=1S/C20H33NO3/c1-3-4-5-6-7-8-15-21-19-12-9-18(10-13-19)11-14-20(23)24-16-17(2)22/h9-10,12-13,17,21-22H,3-8,11,14-16H2,1-2H3. The molecule has 2 N–H and O–H groups in total. The third-order valence-electron chi connectivity index (χ3n) is 3.92. The number of aryl methyl sites for hydroxylation is 1. The molecule has 1 atom stereocenters. The highest BCUT2D eigenvalue weighted by Crippen LogP contribution is 2.12. The van der Waals surface area contributed by atoms with Gasteiger partial charge in [-0.3, -0.25) is 4.79 Å². The van der Waals surface area contributed by atoms with Crippen molar-refractivity contribution < 1.29 is 14.6 Å². The molecule has 0 saturated carbocycles. The van der Waals surface area contributed by atoms with E-state index in [0.717, 1.165) is 17.8 Å². The normalized spacial score (nSPS) is 12.0. The lowest BCUT2D eigenvalue weighted by molar-refractivity contribution is -0.146. The molecule has 4 nitrogen and oxygen atoms in total. The number of anilines is 1. The average molecular weight is 335 g/mol. The highest BCUT2D eigenvalue weighted by atomic mass is 16.5. The van der Waals surface area contributed by atoms with Gasteiger partial charge in [-0.05, 0) is 37.5 Å². The molecule has 4 heteroatoms. The zero-order valence-corrected chi connectivity index (χ0v) is 15.2. The minimum Gasteiger partial charge on any atom is -0.463 e. The number of hydrogen-bond donors (Lipinski definition) is 2. The van der Waals surface area contributed by atoms with E-state index in [0.29, 0.717) is 12.8 Å². The van der Waals surface area contributed by atoms with E-state index in [2.05, 4.69) is 24.4 Å². The monoisotopic (exact) mass is 335 g/mol. The molecule has 0 heterocycles. The Morgan fingerprint density at radius 2 is 1.79 bits per heavy atom. The number of hydrogen-bond acceptors (Lipinski definition) is 4. The van der Waals surface area contributed by atoms with E-state index < -0.39 is 6.10 Å². The Kier molecular flexibility index (Phi) is 10.9. The topological polar surface area (TPSA) is 58.6 Å². The minimum atomic E-state index is -0.606. The summed E-state index contributed by atoms with van der Waals surface area (Å²) in [5.74, 6) is -0.263. The molecule has 1 unspecified atom stereocenters. The van der Waals surface area contributed by atoms with Crippen molar-refractivity contribution in [2.75, 3.05) is 18.5 Å². The molecule has 0 radical (unpaired) electrons. The summed E-state index contributed by atoms with van der Waals surface area (Å²) in [6, 6.07) is 8.22. The van der Waals surface area contributed by atoms with Gasteiger partial charge in [-0.2, -0.15) is 0 Å².